The van der Waals surface area contributed by atoms with Gasteiger partial charge in [-0.2, -0.15) is 13.2 Å². The molecule has 0 radical (unpaired) electrons. The lowest BCUT2D eigenvalue weighted by Crippen LogP contribution is -2.08. The number of rotatable bonds is 2. The summed E-state index contributed by atoms with van der Waals surface area (Å²) in [6, 6.07) is 1.61. The minimum absolute atomic E-state index is 0.275. The Balaban J connectivity index is 2.56. The predicted molar refractivity (Wildman–Crippen MR) is 63.6 cm³/mol. The first-order valence-electron chi connectivity index (χ1n) is 4.97. The molecule has 2 aromatic rings. The highest BCUT2D eigenvalue weighted by molar-refractivity contribution is 7.60. The summed E-state index contributed by atoms with van der Waals surface area (Å²) in [4.78, 5) is 21.7. The maximum Gasteiger partial charge on any atom is 0.417 e. The molecule has 2 aromatic heterocycles. The molecule has 0 fully saturated rings. The van der Waals surface area contributed by atoms with Gasteiger partial charge in [-0.25, -0.2) is 0 Å². The van der Waals surface area contributed by atoms with Crippen LogP contribution in [0.2, 0.25) is 5.02 Å². The summed E-state index contributed by atoms with van der Waals surface area (Å²) in [7, 11) is -4.65. The van der Waals surface area contributed by atoms with E-state index in [4.69, 9.17) is 25.8 Å². The standard InChI is InChI=1S/C10H6ClF3NO4P/c11-6-3-5(10(12,13)14)4-15-8(6)9-7(1-2-19-9)20(16,17)18/h1-4H,(H2,16,17,18). The second-order valence-electron chi connectivity index (χ2n) is 3.73. The van der Waals surface area contributed by atoms with Crippen LogP contribution in [0.4, 0.5) is 13.2 Å². The Kier molecular flexibility index (Phi) is 3.68. The normalized spacial score (nSPS) is 12.7. The molecular weight excluding hydrogens is 322 g/mol. The van der Waals surface area contributed by atoms with E-state index in [1.54, 1.807) is 0 Å². The van der Waals surface area contributed by atoms with E-state index in [0.29, 0.717) is 12.3 Å². The van der Waals surface area contributed by atoms with Crippen LogP contribution >= 0.6 is 19.2 Å². The SMILES string of the molecule is O=P(O)(O)c1ccoc1-c1ncc(C(F)(F)F)cc1Cl. The van der Waals surface area contributed by atoms with Crippen molar-refractivity contribution in [2.24, 2.45) is 0 Å². The Bertz CT molecular complexity index is 694. The van der Waals surface area contributed by atoms with Crippen molar-refractivity contribution in [3.63, 3.8) is 0 Å². The first-order valence-corrected chi connectivity index (χ1v) is 6.96. The molecule has 0 amide bonds. The largest absolute Gasteiger partial charge is 0.462 e. The van der Waals surface area contributed by atoms with Crippen LogP contribution in [-0.4, -0.2) is 14.8 Å². The maximum absolute atomic E-state index is 12.5. The number of aromatic nitrogens is 1. The van der Waals surface area contributed by atoms with E-state index in [1.807, 2.05) is 0 Å². The van der Waals surface area contributed by atoms with Gasteiger partial charge in [0.2, 0.25) is 0 Å². The Morgan fingerprint density at radius 2 is 2.00 bits per heavy atom. The highest BCUT2D eigenvalue weighted by atomic mass is 35.5. The first-order chi connectivity index (χ1) is 9.10. The molecule has 2 heterocycles. The second-order valence-corrected chi connectivity index (χ2v) is 5.71. The number of halogens is 4. The molecule has 0 saturated heterocycles. The lowest BCUT2D eigenvalue weighted by Gasteiger charge is -2.09. The lowest BCUT2D eigenvalue weighted by atomic mass is 10.2. The number of furan rings is 1. The molecule has 2 N–H and O–H groups in total. The zero-order valence-corrected chi connectivity index (χ0v) is 11.1. The van der Waals surface area contributed by atoms with Crippen LogP contribution in [0.3, 0.4) is 0 Å². The minimum Gasteiger partial charge on any atom is -0.462 e. The van der Waals surface area contributed by atoms with Gasteiger partial charge in [0.15, 0.2) is 5.76 Å². The van der Waals surface area contributed by atoms with Crippen LogP contribution in [0.1, 0.15) is 5.56 Å². The van der Waals surface area contributed by atoms with Crippen molar-refractivity contribution in [3.8, 4) is 11.5 Å². The van der Waals surface area contributed by atoms with Gasteiger partial charge in [-0.3, -0.25) is 9.55 Å². The maximum atomic E-state index is 12.5. The summed E-state index contributed by atoms with van der Waals surface area (Å²) in [5.41, 5.74) is -1.35. The zero-order chi connectivity index (χ0) is 15.1. The Morgan fingerprint density at radius 1 is 1.35 bits per heavy atom. The van der Waals surface area contributed by atoms with Crippen molar-refractivity contribution in [1.29, 1.82) is 0 Å². The van der Waals surface area contributed by atoms with Gasteiger partial charge in [0.05, 0.1) is 16.8 Å². The van der Waals surface area contributed by atoms with Crippen molar-refractivity contribution in [2.75, 3.05) is 0 Å². The fourth-order valence-corrected chi connectivity index (χ4v) is 2.40. The molecule has 0 bridgehead atoms. The molecule has 10 heteroatoms. The van der Waals surface area contributed by atoms with Gasteiger partial charge in [0, 0.05) is 6.20 Å². The van der Waals surface area contributed by atoms with Crippen LogP contribution in [0.5, 0.6) is 0 Å². The summed E-state index contributed by atoms with van der Waals surface area (Å²) in [5, 5.41) is -0.920. The predicted octanol–water partition coefficient (Wildman–Crippen LogP) is 2.82. The lowest BCUT2D eigenvalue weighted by molar-refractivity contribution is -0.137. The van der Waals surface area contributed by atoms with Gasteiger partial charge in [0.25, 0.3) is 0 Å². The average Bonchev–Trinajstić information content (AvgIpc) is 2.75. The van der Waals surface area contributed by atoms with Crippen LogP contribution in [-0.2, 0) is 10.7 Å². The van der Waals surface area contributed by atoms with Crippen molar-refractivity contribution in [2.45, 2.75) is 6.18 Å². The van der Waals surface area contributed by atoms with Crippen LogP contribution in [0.15, 0.2) is 29.0 Å². The molecule has 2 rings (SSSR count). The fraction of sp³-hybridized carbons (Fsp3) is 0.100. The summed E-state index contributed by atoms with van der Waals surface area (Å²) >= 11 is 5.67. The molecule has 20 heavy (non-hydrogen) atoms. The molecule has 0 atom stereocenters. The van der Waals surface area contributed by atoms with Crippen molar-refractivity contribution in [3.05, 3.63) is 35.2 Å². The third-order valence-corrected chi connectivity index (χ3v) is 3.61. The van der Waals surface area contributed by atoms with Crippen LogP contribution < -0.4 is 5.30 Å². The highest BCUT2D eigenvalue weighted by Crippen LogP contribution is 2.40. The Morgan fingerprint density at radius 3 is 2.50 bits per heavy atom. The Hall–Kier alpha value is -1.34. The van der Waals surface area contributed by atoms with Crippen molar-refractivity contribution >= 4 is 24.5 Å². The topological polar surface area (TPSA) is 83.6 Å². The second kappa shape index (κ2) is 4.89. The smallest absolute Gasteiger partial charge is 0.417 e. The van der Waals surface area contributed by atoms with Gasteiger partial charge >= 0.3 is 13.8 Å². The van der Waals surface area contributed by atoms with Crippen molar-refractivity contribution < 1.29 is 31.9 Å². The fourth-order valence-electron chi connectivity index (χ4n) is 1.47. The molecule has 5 nitrogen and oxygen atoms in total. The van der Waals surface area contributed by atoms with Gasteiger partial charge in [-0.1, -0.05) is 11.6 Å². The number of nitrogens with zero attached hydrogens (tertiary/aromatic N) is 1. The van der Waals surface area contributed by atoms with Crippen LogP contribution in [0.25, 0.3) is 11.5 Å². The summed E-state index contributed by atoms with van der Waals surface area (Å²) < 4.78 is 53.5. The third-order valence-electron chi connectivity index (χ3n) is 2.34. The van der Waals surface area contributed by atoms with E-state index < -0.39 is 29.7 Å². The number of alkyl halides is 3. The Labute approximate surface area is 115 Å². The summed E-state index contributed by atoms with van der Waals surface area (Å²) in [6.07, 6.45) is -3.13. The quantitative estimate of drug-likeness (QED) is 0.829. The molecule has 0 aliphatic rings. The average molecular weight is 328 g/mol. The number of hydrogen-bond acceptors (Lipinski definition) is 3. The molecule has 108 valence electrons. The number of pyridine rings is 1. The van der Waals surface area contributed by atoms with E-state index in [2.05, 4.69) is 4.98 Å². The summed E-state index contributed by atoms with van der Waals surface area (Å²) in [6.45, 7) is 0. The van der Waals surface area contributed by atoms with E-state index in [0.717, 1.165) is 12.3 Å². The van der Waals surface area contributed by atoms with Gasteiger partial charge in [-0.05, 0) is 12.1 Å². The molecule has 0 spiro atoms. The highest BCUT2D eigenvalue weighted by Gasteiger charge is 2.33. The van der Waals surface area contributed by atoms with Gasteiger partial charge in [-0.15, -0.1) is 0 Å². The van der Waals surface area contributed by atoms with Gasteiger partial charge < -0.3 is 14.2 Å². The molecule has 0 unspecified atom stereocenters. The van der Waals surface area contributed by atoms with Crippen molar-refractivity contribution in [1.82, 2.24) is 4.98 Å². The van der Waals surface area contributed by atoms with E-state index in [1.165, 1.54) is 0 Å². The zero-order valence-electron chi connectivity index (χ0n) is 9.43. The number of hydrogen-bond donors (Lipinski definition) is 2. The summed E-state index contributed by atoms with van der Waals surface area (Å²) in [5.74, 6) is -0.364. The first kappa shape index (κ1) is 15.1. The molecule has 0 aromatic carbocycles. The molecule has 0 aliphatic carbocycles. The van der Waals surface area contributed by atoms with E-state index >= 15 is 0 Å². The minimum atomic E-state index is -4.65. The van der Waals surface area contributed by atoms with E-state index in [-0.39, 0.29) is 11.5 Å². The molecule has 0 aliphatic heterocycles. The molecule has 0 saturated carbocycles. The van der Waals surface area contributed by atoms with E-state index in [9.17, 15) is 17.7 Å². The monoisotopic (exact) mass is 327 g/mol. The molecular formula is C10H6ClF3NO4P. The van der Waals surface area contributed by atoms with Gasteiger partial charge in [0.1, 0.15) is 11.0 Å². The third kappa shape index (κ3) is 2.88. The van der Waals surface area contributed by atoms with Crippen LogP contribution in [0, 0.1) is 0 Å².